The molecular weight excluding hydrogens is 392 g/mol. The predicted molar refractivity (Wildman–Crippen MR) is 105 cm³/mol. The summed E-state index contributed by atoms with van der Waals surface area (Å²) in [4.78, 5) is 12.4. The van der Waals surface area contributed by atoms with Gasteiger partial charge in [-0.25, -0.2) is 8.42 Å². The maximum Gasteiger partial charge on any atom is 0.243 e. The molecule has 10 heteroatoms. The molecule has 0 atom stereocenters. The third kappa shape index (κ3) is 5.03. The number of sulfonamides is 1. The number of hydrogen-bond donors (Lipinski definition) is 1. The minimum atomic E-state index is -3.58. The molecule has 0 unspecified atom stereocenters. The number of carbonyl (C=O) groups excluding carboxylic acids is 1. The first-order valence-corrected chi connectivity index (χ1v) is 11.4. The zero-order valence-corrected chi connectivity index (χ0v) is 17.6. The van der Waals surface area contributed by atoms with E-state index < -0.39 is 10.0 Å². The number of aromatic nitrogens is 2. The molecule has 0 aliphatic carbocycles. The summed E-state index contributed by atoms with van der Waals surface area (Å²) < 4.78 is 27.6. The van der Waals surface area contributed by atoms with E-state index in [0.717, 1.165) is 9.35 Å². The quantitative estimate of drug-likeness (QED) is 0.668. The van der Waals surface area contributed by atoms with E-state index in [-0.39, 0.29) is 16.6 Å². The van der Waals surface area contributed by atoms with Gasteiger partial charge >= 0.3 is 0 Å². The van der Waals surface area contributed by atoms with Crippen molar-refractivity contribution in [3.05, 3.63) is 28.8 Å². The number of nitrogens with zero attached hydrogens (tertiary/aromatic N) is 3. The van der Waals surface area contributed by atoms with Gasteiger partial charge in [0, 0.05) is 18.8 Å². The minimum absolute atomic E-state index is 0.181. The molecule has 0 radical (unpaired) electrons. The Labute approximate surface area is 162 Å². The number of amides is 1. The lowest BCUT2D eigenvalue weighted by Gasteiger charge is -2.20. The Kier molecular flexibility index (Phi) is 7.16. The molecule has 1 N–H and O–H groups in total. The summed E-state index contributed by atoms with van der Waals surface area (Å²) in [5.41, 5.74) is 1.11. The summed E-state index contributed by atoms with van der Waals surface area (Å²) in [5.74, 6) is -0.0430. The number of thioether (sulfide) groups is 1. The van der Waals surface area contributed by atoms with E-state index in [9.17, 15) is 13.2 Å². The van der Waals surface area contributed by atoms with Gasteiger partial charge in [0.1, 0.15) is 5.01 Å². The summed E-state index contributed by atoms with van der Waals surface area (Å²) >= 11 is 2.73. The standard InChI is InChI=1S/C16H22N4O3S3/c1-5-20(6-2)26(22,23)14-9-13(8-7-11(14)3)17-15(21)10-24-16-19-18-12(4)25-16/h7-9H,5-6,10H2,1-4H3,(H,17,21). The Morgan fingerprint density at radius 3 is 2.50 bits per heavy atom. The molecule has 2 rings (SSSR count). The van der Waals surface area contributed by atoms with Crippen molar-refractivity contribution >= 4 is 44.7 Å². The molecule has 0 aliphatic heterocycles. The molecule has 0 saturated carbocycles. The van der Waals surface area contributed by atoms with Crippen LogP contribution in [0, 0.1) is 13.8 Å². The van der Waals surface area contributed by atoms with E-state index in [1.807, 2.05) is 6.92 Å². The van der Waals surface area contributed by atoms with Gasteiger partial charge in [-0.15, -0.1) is 10.2 Å². The summed E-state index contributed by atoms with van der Waals surface area (Å²) in [5, 5.41) is 11.5. The maximum atomic E-state index is 12.8. The molecule has 2 aromatic rings. The fourth-order valence-electron chi connectivity index (χ4n) is 2.32. The van der Waals surface area contributed by atoms with Gasteiger partial charge in [0.25, 0.3) is 0 Å². The van der Waals surface area contributed by atoms with Crippen LogP contribution in [0.3, 0.4) is 0 Å². The number of rotatable bonds is 8. The van der Waals surface area contributed by atoms with Gasteiger partial charge in [0.2, 0.25) is 15.9 Å². The Morgan fingerprint density at radius 1 is 1.23 bits per heavy atom. The third-order valence-electron chi connectivity index (χ3n) is 3.63. The molecule has 1 heterocycles. The van der Waals surface area contributed by atoms with Crippen molar-refractivity contribution in [2.45, 2.75) is 36.9 Å². The molecule has 26 heavy (non-hydrogen) atoms. The molecule has 0 spiro atoms. The Bertz CT molecular complexity index is 877. The number of anilines is 1. The minimum Gasteiger partial charge on any atom is -0.325 e. The SMILES string of the molecule is CCN(CC)S(=O)(=O)c1cc(NC(=O)CSc2nnc(C)s2)ccc1C. The van der Waals surface area contributed by atoms with Crippen LogP contribution in [-0.2, 0) is 14.8 Å². The number of aryl methyl sites for hydroxylation is 2. The van der Waals surface area contributed by atoms with Gasteiger partial charge in [-0.3, -0.25) is 4.79 Å². The van der Waals surface area contributed by atoms with Crippen molar-refractivity contribution in [1.29, 1.82) is 0 Å². The number of hydrogen-bond acceptors (Lipinski definition) is 7. The third-order valence-corrected chi connectivity index (χ3v) is 7.79. The highest BCUT2D eigenvalue weighted by Gasteiger charge is 2.24. The van der Waals surface area contributed by atoms with Crippen molar-refractivity contribution in [2.75, 3.05) is 24.2 Å². The van der Waals surface area contributed by atoms with Crippen LogP contribution in [0.25, 0.3) is 0 Å². The number of benzene rings is 1. The van der Waals surface area contributed by atoms with Crippen LogP contribution < -0.4 is 5.32 Å². The molecule has 1 amide bonds. The van der Waals surface area contributed by atoms with E-state index in [0.29, 0.717) is 24.3 Å². The van der Waals surface area contributed by atoms with Gasteiger partial charge in [0.15, 0.2) is 4.34 Å². The van der Waals surface area contributed by atoms with Gasteiger partial charge < -0.3 is 5.32 Å². The number of carbonyl (C=O) groups is 1. The Morgan fingerprint density at radius 2 is 1.92 bits per heavy atom. The smallest absolute Gasteiger partial charge is 0.243 e. The van der Waals surface area contributed by atoms with Crippen molar-refractivity contribution < 1.29 is 13.2 Å². The first-order chi connectivity index (χ1) is 12.3. The van der Waals surface area contributed by atoms with Crippen molar-refractivity contribution in [2.24, 2.45) is 0 Å². The van der Waals surface area contributed by atoms with Crippen molar-refractivity contribution in [3.63, 3.8) is 0 Å². The average molecular weight is 415 g/mol. The fraction of sp³-hybridized carbons (Fsp3) is 0.438. The fourth-order valence-corrected chi connectivity index (χ4v) is 5.64. The van der Waals surface area contributed by atoms with Crippen LogP contribution in [0.1, 0.15) is 24.4 Å². The molecule has 0 bridgehead atoms. The molecule has 0 aliphatic rings. The van der Waals surface area contributed by atoms with Crippen LogP contribution in [-0.4, -0.2) is 47.7 Å². The van der Waals surface area contributed by atoms with Gasteiger partial charge in [0.05, 0.1) is 10.6 Å². The molecule has 0 fully saturated rings. The van der Waals surface area contributed by atoms with E-state index in [4.69, 9.17) is 0 Å². The Hall–Kier alpha value is -1.49. The van der Waals surface area contributed by atoms with Crippen LogP contribution in [0.15, 0.2) is 27.4 Å². The first-order valence-electron chi connectivity index (χ1n) is 8.11. The van der Waals surface area contributed by atoms with E-state index >= 15 is 0 Å². The second kappa shape index (κ2) is 8.94. The molecule has 7 nitrogen and oxygen atoms in total. The largest absolute Gasteiger partial charge is 0.325 e. The van der Waals surface area contributed by atoms with Crippen LogP contribution in [0.4, 0.5) is 5.69 Å². The normalized spacial score (nSPS) is 11.7. The Balaban J connectivity index is 2.12. The summed E-state index contributed by atoms with van der Waals surface area (Å²) in [6, 6.07) is 4.92. The molecular formula is C16H22N4O3S3. The van der Waals surface area contributed by atoms with E-state index in [1.165, 1.54) is 33.5 Å². The number of nitrogens with one attached hydrogen (secondary N) is 1. The topological polar surface area (TPSA) is 92.3 Å². The second-order valence-corrected chi connectivity index (χ2v) is 9.80. The highest BCUT2D eigenvalue weighted by atomic mass is 32.2. The van der Waals surface area contributed by atoms with Crippen molar-refractivity contribution in [1.82, 2.24) is 14.5 Å². The lowest BCUT2D eigenvalue weighted by Crippen LogP contribution is -2.31. The highest BCUT2D eigenvalue weighted by Crippen LogP contribution is 2.25. The zero-order valence-electron chi connectivity index (χ0n) is 15.1. The first kappa shape index (κ1) is 20.8. The van der Waals surface area contributed by atoms with Crippen LogP contribution in [0.5, 0.6) is 0 Å². The maximum absolute atomic E-state index is 12.8. The van der Waals surface area contributed by atoms with Gasteiger partial charge in [-0.1, -0.05) is 43.0 Å². The highest BCUT2D eigenvalue weighted by molar-refractivity contribution is 8.01. The van der Waals surface area contributed by atoms with Crippen molar-refractivity contribution in [3.8, 4) is 0 Å². The second-order valence-electron chi connectivity index (χ2n) is 5.49. The monoisotopic (exact) mass is 414 g/mol. The molecule has 1 aromatic heterocycles. The molecule has 0 saturated heterocycles. The lowest BCUT2D eigenvalue weighted by molar-refractivity contribution is -0.113. The predicted octanol–water partition coefficient (Wildman–Crippen LogP) is 2.92. The zero-order chi connectivity index (χ0) is 19.3. The summed E-state index contributed by atoms with van der Waals surface area (Å²) in [6.45, 7) is 7.99. The van der Waals surface area contributed by atoms with Crippen LogP contribution >= 0.6 is 23.1 Å². The van der Waals surface area contributed by atoms with E-state index in [2.05, 4.69) is 15.5 Å². The lowest BCUT2D eigenvalue weighted by atomic mass is 10.2. The molecule has 142 valence electrons. The van der Waals surface area contributed by atoms with Gasteiger partial charge in [-0.05, 0) is 31.5 Å². The van der Waals surface area contributed by atoms with E-state index in [1.54, 1.807) is 32.9 Å². The van der Waals surface area contributed by atoms with Gasteiger partial charge in [-0.2, -0.15) is 4.31 Å². The summed E-state index contributed by atoms with van der Waals surface area (Å²) in [7, 11) is -3.58. The molecule has 1 aromatic carbocycles. The van der Waals surface area contributed by atoms with Crippen LogP contribution in [0.2, 0.25) is 0 Å². The summed E-state index contributed by atoms with van der Waals surface area (Å²) in [6.07, 6.45) is 0. The average Bonchev–Trinajstić information content (AvgIpc) is 3.01.